The lowest BCUT2D eigenvalue weighted by Crippen LogP contribution is -2.43. The van der Waals surface area contributed by atoms with Gasteiger partial charge >= 0.3 is 12.1 Å². The summed E-state index contributed by atoms with van der Waals surface area (Å²) in [4.78, 5) is 0. The molecule has 0 N–H and O–H groups in total. The first kappa shape index (κ1) is 16.4. The number of hydrogen-bond donors (Lipinski definition) is 0. The van der Waals surface area contributed by atoms with Crippen LogP contribution in [0.1, 0.15) is 26.2 Å². The van der Waals surface area contributed by atoms with Gasteiger partial charge in [-0.3, -0.25) is 0 Å². The predicted octanol–water partition coefficient (Wildman–Crippen LogP) is 4.64. The van der Waals surface area contributed by atoms with Gasteiger partial charge < -0.3 is 0 Å². The van der Waals surface area contributed by atoms with Gasteiger partial charge in [0.25, 0.3) is 11.8 Å². The quantitative estimate of drug-likeness (QED) is 0.641. The first-order valence-electron chi connectivity index (χ1n) is 4.43. The lowest BCUT2D eigenvalue weighted by molar-refractivity contribution is -0.303. The third-order valence-electron chi connectivity index (χ3n) is 1.93. The average molecular weight is 276 g/mol. The van der Waals surface area contributed by atoms with Gasteiger partial charge in [0.2, 0.25) is 0 Å². The Bertz CT molecular complexity index is 252. The van der Waals surface area contributed by atoms with Gasteiger partial charge in [-0.15, -0.1) is 0 Å². The van der Waals surface area contributed by atoms with E-state index in [1.807, 2.05) is 0 Å². The van der Waals surface area contributed by atoms with Gasteiger partial charge in [0.15, 0.2) is 0 Å². The van der Waals surface area contributed by atoms with Crippen LogP contribution in [-0.2, 0) is 0 Å². The smallest absolute Gasteiger partial charge is 0.207 e. The van der Waals surface area contributed by atoms with Crippen LogP contribution in [0.25, 0.3) is 0 Å². The molecule has 0 saturated carbocycles. The van der Waals surface area contributed by atoms with Crippen LogP contribution in [0.3, 0.4) is 0 Å². The van der Waals surface area contributed by atoms with Crippen LogP contribution < -0.4 is 0 Å². The van der Waals surface area contributed by atoms with E-state index in [1.54, 1.807) is 0 Å². The van der Waals surface area contributed by atoms with Crippen molar-refractivity contribution >= 4 is 0 Å². The highest BCUT2D eigenvalue weighted by Crippen LogP contribution is 2.45. The molecule has 0 aliphatic heterocycles. The number of halogens is 9. The molecular weight excluding hydrogens is 267 g/mol. The van der Waals surface area contributed by atoms with Crippen molar-refractivity contribution in [2.75, 3.05) is 0 Å². The lowest BCUT2D eigenvalue weighted by Gasteiger charge is -2.27. The molecule has 0 aromatic rings. The number of rotatable bonds is 5. The van der Waals surface area contributed by atoms with Gasteiger partial charge in [0.05, 0.1) is 12.8 Å². The minimum absolute atomic E-state index is 0.817. The Labute approximate surface area is 90.8 Å². The Morgan fingerprint density at radius 1 is 0.647 bits per heavy atom. The van der Waals surface area contributed by atoms with Crippen molar-refractivity contribution in [3.63, 3.8) is 0 Å². The van der Waals surface area contributed by atoms with E-state index in [9.17, 15) is 39.5 Å². The van der Waals surface area contributed by atoms with Gasteiger partial charge in [-0.25, -0.2) is 17.6 Å². The predicted molar refractivity (Wildman–Crippen MR) is 40.4 cm³/mol. The summed E-state index contributed by atoms with van der Waals surface area (Å²) in [5.74, 6) is -14.5. The summed E-state index contributed by atoms with van der Waals surface area (Å²) in [6.45, 7) is 0.817. The maximum absolute atomic E-state index is 12.7. The molecule has 0 aromatic heterocycles. The van der Waals surface area contributed by atoms with Crippen LogP contribution in [0.5, 0.6) is 0 Å². The highest BCUT2D eigenvalue weighted by molar-refractivity contribution is 4.86. The third-order valence-corrected chi connectivity index (χ3v) is 1.93. The summed E-state index contributed by atoms with van der Waals surface area (Å²) in [7, 11) is 0. The molecule has 0 rings (SSSR count). The fraction of sp³-hybridized carbons (Fsp3) is 1.00. The first-order chi connectivity index (χ1) is 7.22. The third kappa shape index (κ3) is 5.03. The summed E-state index contributed by atoms with van der Waals surface area (Å²) in [5.41, 5.74) is 0. The van der Waals surface area contributed by atoms with Crippen LogP contribution >= 0.6 is 0 Å². The maximum atomic E-state index is 12.7. The molecule has 17 heavy (non-hydrogen) atoms. The van der Waals surface area contributed by atoms with Crippen molar-refractivity contribution in [2.45, 2.75) is 50.1 Å². The fourth-order valence-electron chi connectivity index (χ4n) is 0.991. The van der Waals surface area contributed by atoms with Crippen LogP contribution in [0, 0.1) is 0 Å². The van der Waals surface area contributed by atoms with Crippen molar-refractivity contribution in [3.05, 3.63) is 0 Å². The molecule has 0 saturated heterocycles. The molecule has 0 aliphatic rings. The van der Waals surface area contributed by atoms with E-state index >= 15 is 0 Å². The standard InChI is InChI=1S/C8H9F9/c1-2-5(9,10)3-6(11,12)4-7(13,14)8(15,16)17/h2-4H2,1H3. The molecule has 0 heterocycles. The number of alkyl halides is 9. The van der Waals surface area contributed by atoms with Gasteiger partial charge in [-0.05, 0) is 0 Å². The fourth-order valence-corrected chi connectivity index (χ4v) is 0.991. The molecule has 0 fully saturated rings. The summed E-state index contributed by atoms with van der Waals surface area (Å²) < 4.78 is 110. The van der Waals surface area contributed by atoms with Crippen LogP contribution in [0.15, 0.2) is 0 Å². The van der Waals surface area contributed by atoms with E-state index in [4.69, 9.17) is 0 Å². The summed E-state index contributed by atoms with van der Waals surface area (Å²) in [5, 5.41) is 0. The van der Waals surface area contributed by atoms with Gasteiger partial charge in [-0.2, -0.15) is 22.0 Å². The zero-order chi connectivity index (χ0) is 14.1. The molecule has 0 aliphatic carbocycles. The largest absolute Gasteiger partial charge is 0.453 e. The van der Waals surface area contributed by atoms with Crippen LogP contribution in [0.4, 0.5) is 39.5 Å². The van der Waals surface area contributed by atoms with E-state index in [-0.39, 0.29) is 0 Å². The number of hydrogen-bond acceptors (Lipinski definition) is 0. The monoisotopic (exact) mass is 276 g/mol. The molecule has 0 radical (unpaired) electrons. The Hall–Kier alpha value is -0.630. The van der Waals surface area contributed by atoms with Crippen molar-refractivity contribution in [1.82, 2.24) is 0 Å². The maximum Gasteiger partial charge on any atom is 0.453 e. The van der Waals surface area contributed by atoms with Gasteiger partial charge in [0.1, 0.15) is 0 Å². The van der Waals surface area contributed by atoms with E-state index in [0.29, 0.717) is 0 Å². The van der Waals surface area contributed by atoms with Crippen LogP contribution in [0.2, 0.25) is 0 Å². The van der Waals surface area contributed by atoms with Gasteiger partial charge in [0, 0.05) is 6.42 Å². The average Bonchev–Trinajstić information content (AvgIpc) is 1.97. The van der Waals surface area contributed by atoms with Crippen molar-refractivity contribution in [1.29, 1.82) is 0 Å². The Kier molecular flexibility index (Phi) is 4.40. The Balaban J connectivity index is 4.77. The van der Waals surface area contributed by atoms with Crippen molar-refractivity contribution in [2.24, 2.45) is 0 Å². The highest BCUT2D eigenvalue weighted by atomic mass is 19.4. The molecule has 0 unspecified atom stereocenters. The van der Waals surface area contributed by atoms with E-state index < -0.39 is 43.2 Å². The van der Waals surface area contributed by atoms with Crippen LogP contribution in [-0.4, -0.2) is 23.9 Å². The molecule has 0 amide bonds. The molecule has 0 atom stereocenters. The summed E-state index contributed by atoms with van der Waals surface area (Å²) in [6.07, 6.45) is -12.6. The zero-order valence-electron chi connectivity index (χ0n) is 8.52. The molecule has 0 spiro atoms. The normalized spacial score (nSPS) is 15.2. The van der Waals surface area contributed by atoms with Crippen molar-refractivity contribution < 1.29 is 39.5 Å². The molecule has 0 nitrogen and oxygen atoms in total. The Morgan fingerprint density at radius 2 is 1.06 bits per heavy atom. The topological polar surface area (TPSA) is 0 Å². The zero-order valence-corrected chi connectivity index (χ0v) is 8.52. The molecule has 0 aromatic carbocycles. The second kappa shape index (κ2) is 4.56. The highest BCUT2D eigenvalue weighted by Gasteiger charge is 2.62. The van der Waals surface area contributed by atoms with E-state index in [0.717, 1.165) is 6.92 Å². The van der Waals surface area contributed by atoms with E-state index in [1.165, 1.54) is 0 Å². The minimum Gasteiger partial charge on any atom is -0.207 e. The SMILES string of the molecule is CCC(F)(F)CC(F)(F)CC(F)(F)C(F)(F)F. The Morgan fingerprint density at radius 3 is 1.35 bits per heavy atom. The molecule has 104 valence electrons. The molecule has 9 heteroatoms. The van der Waals surface area contributed by atoms with E-state index in [2.05, 4.69) is 0 Å². The van der Waals surface area contributed by atoms with Crippen molar-refractivity contribution in [3.8, 4) is 0 Å². The molecular formula is C8H9F9. The molecule has 0 bridgehead atoms. The lowest BCUT2D eigenvalue weighted by atomic mass is 10.0. The second-order valence-corrected chi connectivity index (χ2v) is 3.62. The first-order valence-corrected chi connectivity index (χ1v) is 4.43. The summed E-state index contributed by atoms with van der Waals surface area (Å²) >= 11 is 0. The summed E-state index contributed by atoms with van der Waals surface area (Å²) in [6, 6.07) is 0. The second-order valence-electron chi connectivity index (χ2n) is 3.62. The minimum atomic E-state index is -6.18. The van der Waals surface area contributed by atoms with Gasteiger partial charge in [-0.1, -0.05) is 6.92 Å².